The molecule has 3 rings (SSSR count). The third-order valence-corrected chi connectivity index (χ3v) is 4.51. The average Bonchev–Trinajstić information content (AvgIpc) is 2.91. The summed E-state index contributed by atoms with van der Waals surface area (Å²) in [6, 6.07) is 8.78. The summed E-state index contributed by atoms with van der Waals surface area (Å²) in [7, 11) is 0. The molecule has 2 aromatic rings. The maximum absolute atomic E-state index is 4.40. The van der Waals surface area contributed by atoms with Crippen molar-refractivity contribution >= 4 is 0 Å². The van der Waals surface area contributed by atoms with Crippen molar-refractivity contribution in [1.29, 1.82) is 0 Å². The molecule has 20 heavy (non-hydrogen) atoms. The first kappa shape index (κ1) is 13.4. The van der Waals surface area contributed by atoms with Crippen LogP contribution >= 0.6 is 0 Å². The molecule has 0 amide bonds. The molecule has 1 fully saturated rings. The van der Waals surface area contributed by atoms with Gasteiger partial charge in [0.1, 0.15) is 0 Å². The lowest BCUT2D eigenvalue weighted by atomic mass is 9.78. The van der Waals surface area contributed by atoms with Gasteiger partial charge in [-0.2, -0.15) is 0 Å². The van der Waals surface area contributed by atoms with Gasteiger partial charge in [0, 0.05) is 23.9 Å². The zero-order valence-electron chi connectivity index (χ0n) is 12.4. The lowest BCUT2D eigenvalue weighted by molar-refractivity contribution is 0.318. The SMILES string of the molecule is Cc1ccc(Cn2cncc2C2(C)CCNCC2)cc1. The molecule has 0 unspecified atom stereocenters. The standard InChI is InChI=1S/C17H23N3/c1-14-3-5-15(6-4-14)12-20-13-19-11-16(20)17(2)7-9-18-10-8-17/h3-6,11,13,18H,7-10,12H2,1-2H3. The van der Waals surface area contributed by atoms with Crippen molar-refractivity contribution < 1.29 is 0 Å². The highest BCUT2D eigenvalue weighted by Gasteiger charge is 2.31. The van der Waals surface area contributed by atoms with Gasteiger partial charge in [-0.1, -0.05) is 36.8 Å². The van der Waals surface area contributed by atoms with E-state index in [2.05, 4.69) is 59.2 Å². The Morgan fingerprint density at radius 3 is 2.60 bits per heavy atom. The first-order valence-electron chi connectivity index (χ1n) is 7.44. The van der Waals surface area contributed by atoms with Crippen molar-refractivity contribution in [2.24, 2.45) is 0 Å². The van der Waals surface area contributed by atoms with Crippen molar-refractivity contribution in [1.82, 2.24) is 14.9 Å². The second-order valence-corrected chi connectivity index (χ2v) is 6.20. The molecule has 1 aliphatic rings. The Morgan fingerprint density at radius 2 is 1.90 bits per heavy atom. The molecule has 1 saturated heterocycles. The summed E-state index contributed by atoms with van der Waals surface area (Å²) in [5, 5.41) is 3.45. The third kappa shape index (κ3) is 2.63. The second-order valence-electron chi connectivity index (χ2n) is 6.20. The molecule has 0 radical (unpaired) electrons. The lowest BCUT2D eigenvalue weighted by Gasteiger charge is -2.34. The van der Waals surface area contributed by atoms with Gasteiger partial charge >= 0.3 is 0 Å². The van der Waals surface area contributed by atoms with Crippen molar-refractivity contribution in [3.05, 3.63) is 53.6 Å². The highest BCUT2D eigenvalue weighted by atomic mass is 15.1. The smallest absolute Gasteiger partial charge is 0.0951 e. The molecule has 0 atom stereocenters. The number of hydrogen-bond donors (Lipinski definition) is 1. The first-order valence-corrected chi connectivity index (χ1v) is 7.44. The first-order chi connectivity index (χ1) is 9.67. The van der Waals surface area contributed by atoms with Crippen LogP contribution in [0.4, 0.5) is 0 Å². The lowest BCUT2D eigenvalue weighted by Crippen LogP contribution is -2.39. The van der Waals surface area contributed by atoms with Gasteiger partial charge in [0.15, 0.2) is 0 Å². The summed E-state index contributed by atoms with van der Waals surface area (Å²) in [6.07, 6.45) is 6.40. The van der Waals surface area contributed by atoms with Crippen LogP contribution < -0.4 is 5.32 Å². The number of nitrogens with one attached hydrogen (secondary N) is 1. The van der Waals surface area contributed by atoms with E-state index in [9.17, 15) is 0 Å². The summed E-state index contributed by atoms with van der Waals surface area (Å²) in [5.41, 5.74) is 4.28. The van der Waals surface area contributed by atoms with Crippen LogP contribution in [0.3, 0.4) is 0 Å². The summed E-state index contributed by atoms with van der Waals surface area (Å²) in [6.45, 7) is 7.62. The second kappa shape index (κ2) is 5.41. The van der Waals surface area contributed by atoms with Gasteiger partial charge in [-0.25, -0.2) is 4.98 Å². The molecule has 0 spiro atoms. The van der Waals surface area contributed by atoms with Crippen LogP contribution in [0.5, 0.6) is 0 Å². The van der Waals surface area contributed by atoms with E-state index in [0.717, 1.165) is 19.6 Å². The Hall–Kier alpha value is -1.61. The molecule has 2 heterocycles. The predicted octanol–water partition coefficient (Wildman–Crippen LogP) is 2.88. The van der Waals surface area contributed by atoms with Gasteiger partial charge in [-0.3, -0.25) is 0 Å². The topological polar surface area (TPSA) is 29.9 Å². The van der Waals surface area contributed by atoms with E-state index in [1.807, 2.05) is 6.33 Å². The Labute approximate surface area is 121 Å². The van der Waals surface area contributed by atoms with Crippen LogP contribution in [0.2, 0.25) is 0 Å². The Bertz CT molecular complexity index is 562. The van der Waals surface area contributed by atoms with Crippen LogP contribution in [0.15, 0.2) is 36.8 Å². The highest BCUT2D eigenvalue weighted by Crippen LogP contribution is 2.32. The van der Waals surface area contributed by atoms with Crippen LogP contribution in [-0.4, -0.2) is 22.6 Å². The van der Waals surface area contributed by atoms with Crippen molar-refractivity contribution in [2.45, 2.75) is 38.6 Å². The van der Waals surface area contributed by atoms with Gasteiger partial charge in [0.05, 0.1) is 6.33 Å². The van der Waals surface area contributed by atoms with Gasteiger partial charge in [-0.05, 0) is 38.4 Å². The number of aromatic nitrogens is 2. The van der Waals surface area contributed by atoms with E-state index in [0.29, 0.717) is 0 Å². The summed E-state index contributed by atoms with van der Waals surface area (Å²) in [4.78, 5) is 4.40. The van der Waals surface area contributed by atoms with E-state index in [1.54, 1.807) is 0 Å². The molecule has 0 bridgehead atoms. The fourth-order valence-corrected chi connectivity index (χ4v) is 3.07. The number of hydrogen-bond acceptors (Lipinski definition) is 2. The summed E-state index contributed by atoms with van der Waals surface area (Å²) >= 11 is 0. The molecule has 3 nitrogen and oxygen atoms in total. The number of benzene rings is 1. The van der Waals surface area contributed by atoms with Gasteiger partial charge < -0.3 is 9.88 Å². The minimum Gasteiger partial charge on any atom is -0.330 e. The van der Waals surface area contributed by atoms with Crippen molar-refractivity contribution in [3.8, 4) is 0 Å². The zero-order chi connectivity index (χ0) is 14.0. The molecule has 1 aromatic heterocycles. The van der Waals surface area contributed by atoms with Gasteiger partial charge in [0.2, 0.25) is 0 Å². The molecule has 3 heteroatoms. The maximum atomic E-state index is 4.40. The zero-order valence-corrected chi connectivity index (χ0v) is 12.4. The monoisotopic (exact) mass is 269 g/mol. The molecule has 1 aromatic carbocycles. The number of aryl methyl sites for hydroxylation is 1. The summed E-state index contributed by atoms with van der Waals surface area (Å²) in [5.74, 6) is 0. The molecule has 106 valence electrons. The maximum Gasteiger partial charge on any atom is 0.0951 e. The van der Waals surface area contributed by atoms with E-state index >= 15 is 0 Å². The number of rotatable bonds is 3. The van der Waals surface area contributed by atoms with Crippen LogP contribution in [0.25, 0.3) is 0 Å². The third-order valence-electron chi connectivity index (χ3n) is 4.51. The van der Waals surface area contributed by atoms with Crippen LogP contribution in [0, 0.1) is 6.92 Å². The fourth-order valence-electron chi connectivity index (χ4n) is 3.07. The number of piperidine rings is 1. The Kier molecular flexibility index (Phi) is 3.62. The van der Waals surface area contributed by atoms with Crippen LogP contribution in [-0.2, 0) is 12.0 Å². The van der Waals surface area contributed by atoms with E-state index in [1.165, 1.54) is 29.7 Å². The number of nitrogens with zero attached hydrogens (tertiary/aromatic N) is 2. The van der Waals surface area contributed by atoms with Crippen molar-refractivity contribution in [3.63, 3.8) is 0 Å². The Balaban J connectivity index is 1.84. The van der Waals surface area contributed by atoms with Crippen LogP contribution in [0.1, 0.15) is 36.6 Å². The number of imidazole rings is 1. The molecule has 0 aliphatic carbocycles. The molecule has 0 saturated carbocycles. The van der Waals surface area contributed by atoms with Gasteiger partial charge in [-0.15, -0.1) is 0 Å². The van der Waals surface area contributed by atoms with E-state index in [4.69, 9.17) is 0 Å². The normalized spacial score (nSPS) is 18.1. The average molecular weight is 269 g/mol. The molecule has 1 N–H and O–H groups in total. The van der Waals surface area contributed by atoms with Gasteiger partial charge in [0.25, 0.3) is 0 Å². The molecular weight excluding hydrogens is 246 g/mol. The fraction of sp³-hybridized carbons (Fsp3) is 0.471. The quantitative estimate of drug-likeness (QED) is 0.928. The molecule has 1 aliphatic heterocycles. The highest BCUT2D eigenvalue weighted by molar-refractivity contribution is 5.23. The minimum atomic E-state index is 0.256. The summed E-state index contributed by atoms with van der Waals surface area (Å²) < 4.78 is 2.32. The van der Waals surface area contributed by atoms with E-state index < -0.39 is 0 Å². The van der Waals surface area contributed by atoms with Crippen molar-refractivity contribution in [2.75, 3.05) is 13.1 Å². The van der Waals surface area contributed by atoms with E-state index in [-0.39, 0.29) is 5.41 Å². The largest absolute Gasteiger partial charge is 0.330 e. The minimum absolute atomic E-state index is 0.256. The Morgan fingerprint density at radius 1 is 1.20 bits per heavy atom. The molecular formula is C17H23N3. The predicted molar refractivity (Wildman–Crippen MR) is 82.0 cm³/mol.